The normalized spacial score (nSPS) is 10.7. The minimum absolute atomic E-state index is 0.0800. The van der Waals surface area contributed by atoms with Crippen LogP contribution in [0.2, 0.25) is 0 Å². The second kappa shape index (κ2) is 6.38. The van der Waals surface area contributed by atoms with Crippen molar-refractivity contribution >= 4 is 5.97 Å². The SMILES string of the molecule is COc1c(F)cc(C(C)C)cc1CCCC(=O)O. The Morgan fingerprint density at radius 3 is 2.61 bits per heavy atom. The summed E-state index contributed by atoms with van der Waals surface area (Å²) in [6.45, 7) is 3.98. The van der Waals surface area contributed by atoms with Crippen LogP contribution in [0.3, 0.4) is 0 Å². The highest BCUT2D eigenvalue weighted by atomic mass is 19.1. The molecule has 1 rings (SSSR count). The lowest BCUT2D eigenvalue weighted by Gasteiger charge is -2.13. The highest BCUT2D eigenvalue weighted by molar-refractivity contribution is 5.66. The summed E-state index contributed by atoms with van der Waals surface area (Å²) in [5, 5.41) is 8.61. The van der Waals surface area contributed by atoms with Gasteiger partial charge in [-0.15, -0.1) is 0 Å². The molecule has 0 saturated heterocycles. The van der Waals surface area contributed by atoms with Gasteiger partial charge in [-0.3, -0.25) is 4.79 Å². The van der Waals surface area contributed by atoms with E-state index >= 15 is 0 Å². The van der Waals surface area contributed by atoms with E-state index in [0.717, 1.165) is 11.1 Å². The van der Waals surface area contributed by atoms with E-state index in [1.807, 2.05) is 19.9 Å². The van der Waals surface area contributed by atoms with Crippen LogP contribution in [0.15, 0.2) is 12.1 Å². The van der Waals surface area contributed by atoms with Gasteiger partial charge in [0.25, 0.3) is 0 Å². The van der Waals surface area contributed by atoms with Crippen LogP contribution in [0.4, 0.5) is 4.39 Å². The second-order valence-electron chi connectivity index (χ2n) is 4.60. The van der Waals surface area contributed by atoms with Gasteiger partial charge in [-0.2, -0.15) is 0 Å². The molecule has 3 nitrogen and oxygen atoms in total. The maximum absolute atomic E-state index is 13.8. The molecule has 0 aromatic heterocycles. The Labute approximate surface area is 107 Å². The number of rotatable bonds is 6. The first-order valence-electron chi connectivity index (χ1n) is 6.03. The van der Waals surface area contributed by atoms with Crippen molar-refractivity contribution in [2.75, 3.05) is 7.11 Å². The zero-order chi connectivity index (χ0) is 13.7. The van der Waals surface area contributed by atoms with Crippen molar-refractivity contribution in [1.29, 1.82) is 0 Å². The third-order valence-corrected chi connectivity index (χ3v) is 2.85. The molecule has 0 bridgehead atoms. The molecule has 0 unspecified atom stereocenters. The van der Waals surface area contributed by atoms with Gasteiger partial charge < -0.3 is 9.84 Å². The molecule has 4 heteroatoms. The number of aliphatic carboxylic acids is 1. The van der Waals surface area contributed by atoms with Crippen LogP contribution in [0.5, 0.6) is 5.75 Å². The summed E-state index contributed by atoms with van der Waals surface area (Å²) in [5.41, 5.74) is 1.64. The summed E-state index contributed by atoms with van der Waals surface area (Å²) >= 11 is 0. The van der Waals surface area contributed by atoms with Crippen molar-refractivity contribution in [2.24, 2.45) is 0 Å². The summed E-state index contributed by atoms with van der Waals surface area (Å²) in [7, 11) is 1.42. The van der Waals surface area contributed by atoms with E-state index in [2.05, 4.69) is 0 Å². The van der Waals surface area contributed by atoms with E-state index in [-0.39, 0.29) is 23.9 Å². The van der Waals surface area contributed by atoms with Gasteiger partial charge >= 0.3 is 5.97 Å². The number of hydrogen-bond acceptors (Lipinski definition) is 2. The molecule has 100 valence electrons. The lowest BCUT2D eigenvalue weighted by atomic mass is 9.97. The quantitative estimate of drug-likeness (QED) is 0.846. The first-order chi connectivity index (χ1) is 8.45. The number of aryl methyl sites for hydroxylation is 1. The van der Waals surface area contributed by atoms with Gasteiger partial charge in [0.05, 0.1) is 7.11 Å². The Balaban J connectivity index is 2.95. The molecule has 1 aromatic carbocycles. The number of ether oxygens (including phenoxy) is 1. The van der Waals surface area contributed by atoms with Gasteiger partial charge in [-0.1, -0.05) is 19.9 Å². The molecular formula is C14H19FO3. The van der Waals surface area contributed by atoms with Crippen molar-refractivity contribution in [1.82, 2.24) is 0 Å². The molecule has 0 fully saturated rings. The first kappa shape index (κ1) is 14.5. The van der Waals surface area contributed by atoms with E-state index in [1.165, 1.54) is 13.2 Å². The fraction of sp³-hybridized carbons (Fsp3) is 0.500. The fourth-order valence-corrected chi connectivity index (χ4v) is 1.85. The van der Waals surface area contributed by atoms with Crippen LogP contribution >= 0.6 is 0 Å². The maximum atomic E-state index is 13.8. The van der Waals surface area contributed by atoms with Gasteiger partial charge in [-0.05, 0) is 36.0 Å². The molecule has 0 amide bonds. The maximum Gasteiger partial charge on any atom is 0.303 e. The van der Waals surface area contributed by atoms with Gasteiger partial charge in [0.2, 0.25) is 0 Å². The zero-order valence-electron chi connectivity index (χ0n) is 11.0. The topological polar surface area (TPSA) is 46.5 Å². The molecule has 0 radical (unpaired) electrons. The lowest BCUT2D eigenvalue weighted by molar-refractivity contribution is -0.137. The lowest BCUT2D eigenvalue weighted by Crippen LogP contribution is -2.01. The van der Waals surface area contributed by atoms with Crippen LogP contribution in [0, 0.1) is 5.82 Å². The van der Waals surface area contributed by atoms with Gasteiger partial charge in [-0.25, -0.2) is 4.39 Å². The van der Waals surface area contributed by atoms with Crippen LogP contribution in [0.1, 0.15) is 43.7 Å². The minimum atomic E-state index is -0.838. The first-order valence-corrected chi connectivity index (χ1v) is 6.03. The van der Waals surface area contributed by atoms with E-state index < -0.39 is 5.97 Å². The third-order valence-electron chi connectivity index (χ3n) is 2.85. The van der Waals surface area contributed by atoms with Gasteiger partial charge in [0, 0.05) is 6.42 Å². The number of carboxylic acid groups (broad SMARTS) is 1. The van der Waals surface area contributed by atoms with Crippen molar-refractivity contribution < 1.29 is 19.0 Å². The van der Waals surface area contributed by atoms with Crippen LogP contribution in [0.25, 0.3) is 0 Å². The summed E-state index contributed by atoms with van der Waals surface area (Å²) in [6.07, 6.45) is 1.07. The average molecular weight is 254 g/mol. The molecule has 0 saturated carbocycles. The predicted octanol–water partition coefficient (Wildman–Crippen LogP) is 3.37. The van der Waals surface area contributed by atoms with Crippen LogP contribution < -0.4 is 4.74 Å². The molecular weight excluding hydrogens is 235 g/mol. The number of benzene rings is 1. The molecule has 1 N–H and O–H groups in total. The highest BCUT2D eigenvalue weighted by Gasteiger charge is 2.13. The number of carboxylic acids is 1. The van der Waals surface area contributed by atoms with E-state index in [9.17, 15) is 9.18 Å². The number of carbonyl (C=O) groups is 1. The molecule has 0 atom stereocenters. The molecule has 1 aromatic rings. The monoisotopic (exact) mass is 254 g/mol. The molecule has 0 aliphatic rings. The van der Waals surface area contributed by atoms with Crippen LogP contribution in [-0.2, 0) is 11.2 Å². The Hall–Kier alpha value is -1.58. The molecule has 0 aliphatic heterocycles. The second-order valence-corrected chi connectivity index (χ2v) is 4.60. The standard InChI is InChI=1S/C14H19FO3/c1-9(2)11-7-10(5-4-6-13(16)17)14(18-3)12(15)8-11/h7-9H,4-6H2,1-3H3,(H,16,17). The molecule has 0 aliphatic carbocycles. The van der Waals surface area contributed by atoms with Gasteiger partial charge in [0.1, 0.15) is 0 Å². The van der Waals surface area contributed by atoms with Crippen molar-refractivity contribution in [3.05, 3.63) is 29.1 Å². The molecule has 0 heterocycles. The van der Waals surface area contributed by atoms with E-state index in [0.29, 0.717) is 12.8 Å². The Kier molecular flexibility index (Phi) is 5.13. The summed E-state index contributed by atoms with van der Waals surface area (Å²) in [6, 6.07) is 3.37. The minimum Gasteiger partial charge on any atom is -0.493 e. The van der Waals surface area contributed by atoms with Gasteiger partial charge in [0.15, 0.2) is 11.6 Å². The molecule has 18 heavy (non-hydrogen) atoms. The zero-order valence-corrected chi connectivity index (χ0v) is 11.0. The largest absolute Gasteiger partial charge is 0.493 e. The Bertz CT molecular complexity index is 427. The summed E-state index contributed by atoms with van der Waals surface area (Å²) in [5.74, 6) is -0.767. The van der Waals surface area contributed by atoms with Crippen LogP contribution in [-0.4, -0.2) is 18.2 Å². The van der Waals surface area contributed by atoms with E-state index in [4.69, 9.17) is 9.84 Å². The summed E-state index contributed by atoms with van der Waals surface area (Å²) in [4.78, 5) is 10.5. The average Bonchev–Trinajstić information content (AvgIpc) is 2.27. The van der Waals surface area contributed by atoms with Crippen molar-refractivity contribution in [3.8, 4) is 5.75 Å². The Morgan fingerprint density at radius 2 is 2.11 bits per heavy atom. The van der Waals surface area contributed by atoms with Crippen molar-refractivity contribution in [2.45, 2.75) is 39.0 Å². The highest BCUT2D eigenvalue weighted by Crippen LogP contribution is 2.29. The predicted molar refractivity (Wildman–Crippen MR) is 67.6 cm³/mol. The number of hydrogen-bond donors (Lipinski definition) is 1. The molecule has 0 spiro atoms. The Morgan fingerprint density at radius 1 is 1.44 bits per heavy atom. The van der Waals surface area contributed by atoms with E-state index in [1.54, 1.807) is 0 Å². The fourth-order valence-electron chi connectivity index (χ4n) is 1.85. The number of methoxy groups -OCH3 is 1. The van der Waals surface area contributed by atoms with Crippen molar-refractivity contribution in [3.63, 3.8) is 0 Å². The smallest absolute Gasteiger partial charge is 0.303 e. The third kappa shape index (κ3) is 3.72. The summed E-state index contributed by atoms with van der Waals surface area (Å²) < 4.78 is 18.9. The number of halogens is 1.